The fourth-order valence-corrected chi connectivity index (χ4v) is 6.06. The lowest BCUT2D eigenvalue weighted by molar-refractivity contribution is 0.0643. The molecule has 0 unspecified atom stereocenters. The van der Waals surface area contributed by atoms with Gasteiger partial charge in [-0.1, -0.05) is 12.1 Å². The highest BCUT2D eigenvalue weighted by molar-refractivity contribution is 7.09. The van der Waals surface area contributed by atoms with E-state index >= 15 is 0 Å². The van der Waals surface area contributed by atoms with Crippen molar-refractivity contribution in [3.63, 3.8) is 0 Å². The highest BCUT2D eigenvalue weighted by Crippen LogP contribution is 2.33. The predicted molar refractivity (Wildman–Crippen MR) is 153 cm³/mol. The fraction of sp³-hybridized carbons (Fsp3) is 0.400. The number of benzene rings is 2. The second-order valence-corrected chi connectivity index (χ2v) is 11.4. The average molecular weight is 519 g/mol. The van der Waals surface area contributed by atoms with Crippen LogP contribution in [-0.4, -0.2) is 52.8 Å². The molecule has 0 radical (unpaired) electrons. The summed E-state index contributed by atoms with van der Waals surface area (Å²) < 4.78 is 0. The molecule has 1 aromatic heterocycles. The summed E-state index contributed by atoms with van der Waals surface area (Å²) in [5.41, 5.74) is 8.74. The number of rotatable bonds is 9. The number of primary amides is 1. The van der Waals surface area contributed by atoms with Gasteiger partial charge in [0.15, 0.2) is 0 Å². The van der Waals surface area contributed by atoms with E-state index in [9.17, 15) is 9.59 Å². The molecule has 2 aromatic carbocycles. The van der Waals surface area contributed by atoms with Crippen molar-refractivity contribution in [3.05, 3.63) is 82.0 Å². The van der Waals surface area contributed by atoms with E-state index in [0.717, 1.165) is 43.9 Å². The molecule has 3 aromatic rings. The van der Waals surface area contributed by atoms with Crippen molar-refractivity contribution in [2.24, 2.45) is 5.73 Å². The Morgan fingerprint density at radius 2 is 1.59 bits per heavy atom. The van der Waals surface area contributed by atoms with E-state index in [1.165, 1.54) is 4.88 Å². The first kappa shape index (κ1) is 26.9. The SMILES string of the molecule is CC(C)N(C(=O)c1ccc(N(c2cccc(C(N)=O)c2)C2CCN(Cc3cccs3)CC2)cc1)C(C)C. The molecule has 2 N–H and O–H groups in total. The summed E-state index contributed by atoms with van der Waals surface area (Å²) >= 11 is 1.80. The monoisotopic (exact) mass is 518 g/mol. The zero-order chi connectivity index (χ0) is 26.5. The molecule has 7 heteroatoms. The van der Waals surface area contributed by atoms with Crippen molar-refractivity contribution in [1.29, 1.82) is 0 Å². The molecule has 1 fully saturated rings. The largest absolute Gasteiger partial charge is 0.366 e. The van der Waals surface area contributed by atoms with Crippen molar-refractivity contribution in [2.75, 3.05) is 18.0 Å². The third-order valence-corrected chi connectivity index (χ3v) is 7.89. The van der Waals surface area contributed by atoms with Crippen LogP contribution in [0, 0.1) is 0 Å². The van der Waals surface area contributed by atoms with E-state index in [2.05, 4.69) is 27.3 Å². The maximum Gasteiger partial charge on any atom is 0.254 e. The van der Waals surface area contributed by atoms with Gasteiger partial charge in [0.2, 0.25) is 5.91 Å². The maximum atomic E-state index is 13.2. The van der Waals surface area contributed by atoms with E-state index in [1.54, 1.807) is 17.4 Å². The molecular formula is C30H38N4O2S. The molecule has 2 heterocycles. The lowest BCUT2D eigenvalue weighted by Gasteiger charge is -2.40. The first-order valence-electron chi connectivity index (χ1n) is 13.1. The zero-order valence-corrected chi connectivity index (χ0v) is 23.1. The van der Waals surface area contributed by atoms with Crippen LogP contribution in [0.15, 0.2) is 66.0 Å². The third kappa shape index (κ3) is 6.40. The third-order valence-electron chi connectivity index (χ3n) is 7.03. The van der Waals surface area contributed by atoms with Crippen molar-refractivity contribution in [3.8, 4) is 0 Å². The van der Waals surface area contributed by atoms with E-state index < -0.39 is 5.91 Å². The number of nitrogens with zero attached hydrogens (tertiary/aromatic N) is 3. The molecular weight excluding hydrogens is 480 g/mol. The molecule has 1 aliphatic heterocycles. The molecule has 37 heavy (non-hydrogen) atoms. The van der Waals surface area contributed by atoms with Crippen molar-refractivity contribution in [1.82, 2.24) is 9.80 Å². The summed E-state index contributed by atoms with van der Waals surface area (Å²) in [4.78, 5) is 33.3. The van der Waals surface area contributed by atoms with Crippen molar-refractivity contribution in [2.45, 2.75) is 65.2 Å². The number of piperidine rings is 1. The summed E-state index contributed by atoms with van der Waals surface area (Å²) in [5.74, 6) is -0.392. The summed E-state index contributed by atoms with van der Waals surface area (Å²) in [5, 5.41) is 2.13. The van der Waals surface area contributed by atoms with Crippen LogP contribution in [0.25, 0.3) is 0 Å². The Morgan fingerprint density at radius 1 is 0.919 bits per heavy atom. The molecule has 0 atom stereocenters. The number of amides is 2. The van der Waals surface area contributed by atoms with E-state index in [0.29, 0.717) is 11.1 Å². The molecule has 0 spiro atoms. The molecule has 1 saturated heterocycles. The molecule has 1 aliphatic rings. The van der Waals surface area contributed by atoms with E-state index in [1.807, 2.05) is 75.1 Å². The second-order valence-electron chi connectivity index (χ2n) is 10.3. The minimum absolute atomic E-state index is 0.0423. The van der Waals surface area contributed by atoms with Crippen LogP contribution in [0.2, 0.25) is 0 Å². The van der Waals surface area contributed by atoms with Gasteiger partial charge >= 0.3 is 0 Å². The van der Waals surface area contributed by atoms with Gasteiger partial charge in [-0.15, -0.1) is 11.3 Å². The van der Waals surface area contributed by atoms with Gasteiger partial charge in [0.1, 0.15) is 0 Å². The Morgan fingerprint density at radius 3 is 2.16 bits per heavy atom. The fourth-order valence-electron chi connectivity index (χ4n) is 5.32. The Labute approximate surface area is 224 Å². The Kier molecular flexibility index (Phi) is 8.67. The minimum atomic E-state index is -0.434. The van der Waals surface area contributed by atoms with Gasteiger partial charge in [0.25, 0.3) is 5.91 Å². The van der Waals surface area contributed by atoms with Gasteiger partial charge in [0, 0.05) is 65.1 Å². The summed E-state index contributed by atoms with van der Waals surface area (Å²) in [7, 11) is 0. The first-order valence-corrected chi connectivity index (χ1v) is 14.0. The quantitative estimate of drug-likeness (QED) is 0.382. The smallest absolute Gasteiger partial charge is 0.254 e. The number of carbonyl (C=O) groups excluding carboxylic acids is 2. The zero-order valence-electron chi connectivity index (χ0n) is 22.3. The van der Waals surface area contributed by atoms with E-state index in [4.69, 9.17) is 5.73 Å². The van der Waals surface area contributed by atoms with E-state index in [-0.39, 0.29) is 24.0 Å². The van der Waals surface area contributed by atoms with Crippen molar-refractivity contribution < 1.29 is 9.59 Å². The number of hydrogen-bond acceptors (Lipinski definition) is 5. The molecule has 4 rings (SSSR count). The second kappa shape index (κ2) is 11.9. The van der Waals surface area contributed by atoms with Gasteiger partial charge in [-0.25, -0.2) is 0 Å². The summed E-state index contributed by atoms with van der Waals surface area (Å²) in [6.45, 7) is 11.2. The predicted octanol–water partition coefficient (Wildman–Crippen LogP) is 5.91. The number of hydrogen-bond donors (Lipinski definition) is 1. The van der Waals surface area contributed by atoms with Gasteiger partial charge in [-0.05, 0) is 94.4 Å². The number of anilines is 2. The Balaban J connectivity index is 1.59. The molecule has 6 nitrogen and oxygen atoms in total. The molecule has 0 aliphatic carbocycles. The molecule has 2 amide bonds. The van der Waals surface area contributed by atoms with Gasteiger partial charge in [-0.3, -0.25) is 14.5 Å². The van der Waals surface area contributed by atoms with Crippen LogP contribution in [-0.2, 0) is 6.54 Å². The van der Waals surface area contributed by atoms with Crippen LogP contribution < -0.4 is 10.6 Å². The Hall–Kier alpha value is -3.16. The van der Waals surface area contributed by atoms with Gasteiger partial charge in [-0.2, -0.15) is 0 Å². The number of carbonyl (C=O) groups is 2. The number of nitrogens with two attached hydrogens (primary N) is 1. The standard InChI is InChI=1S/C30H38N4O2S/c1-21(2)33(22(3)4)30(36)23-10-12-25(13-11-23)34(27-8-5-7-24(19-27)29(31)35)26-14-16-32(17-15-26)20-28-9-6-18-37-28/h5-13,18-19,21-22,26H,14-17,20H2,1-4H3,(H2,31,35). The number of likely N-dealkylation sites (tertiary alicyclic amines) is 1. The first-order chi connectivity index (χ1) is 17.7. The molecule has 196 valence electrons. The highest BCUT2D eigenvalue weighted by Gasteiger charge is 2.27. The minimum Gasteiger partial charge on any atom is -0.366 e. The lowest BCUT2D eigenvalue weighted by atomic mass is 10.00. The van der Waals surface area contributed by atoms with Crippen LogP contribution >= 0.6 is 11.3 Å². The lowest BCUT2D eigenvalue weighted by Crippen LogP contribution is -2.43. The summed E-state index contributed by atoms with van der Waals surface area (Å²) in [6.07, 6.45) is 2.00. The maximum absolute atomic E-state index is 13.2. The molecule has 0 saturated carbocycles. The van der Waals surface area contributed by atoms with Gasteiger partial charge in [0.05, 0.1) is 0 Å². The van der Waals surface area contributed by atoms with Gasteiger partial charge < -0.3 is 15.5 Å². The van der Waals surface area contributed by atoms with Crippen molar-refractivity contribution >= 4 is 34.5 Å². The van der Waals surface area contributed by atoms with Crippen LogP contribution in [0.3, 0.4) is 0 Å². The number of thiophene rings is 1. The molecule has 0 bridgehead atoms. The van der Waals surface area contributed by atoms with Crippen LogP contribution in [0.1, 0.15) is 66.1 Å². The van der Waals surface area contributed by atoms with Crippen LogP contribution in [0.4, 0.5) is 11.4 Å². The average Bonchev–Trinajstić information content (AvgIpc) is 3.38. The highest BCUT2D eigenvalue weighted by atomic mass is 32.1. The topological polar surface area (TPSA) is 69.9 Å². The Bertz CT molecular complexity index is 1170. The van der Waals surface area contributed by atoms with Crippen LogP contribution in [0.5, 0.6) is 0 Å². The normalized spacial score (nSPS) is 14.8. The summed E-state index contributed by atoms with van der Waals surface area (Å²) in [6, 6.07) is 20.3.